The first-order chi connectivity index (χ1) is 6.79. The number of methoxy groups -OCH3 is 1. The molecule has 14 heavy (non-hydrogen) atoms. The average Bonchev–Trinajstić information content (AvgIpc) is 2.50. The zero-order valence-corrected chi connectivity index (χ0v) is 8.02. The summed E-state index contributed by atoms with van der Waals surface area (Å²) in [6.07, 6.45) is 3.54. The molecule has 1 aromatic heterocycles. The maximum atomic E-state index is 10.9. The molecule has 0 aliphatic heterocycles. The molecular formula is C9H12N2O3. The maximum Gasteiger partial charge on any atom is 0.315 e. The number of ether oxygens (including phenoxy) is 1. The van der Waals surface area contributed by atoms with Gasteiger partial charge in [-0.25, -0.2) is 0 Å². The molecule has 1 fully saturated rings. The summed E-state index contributed by atoms with van der Waals surface area (Å²) >= 11 is 0. The van der Waals surface area contributed by atoms with E-state index in [1.165, 1.54) is 13.5 Å². The molecular weight excluding hydrogens is 184 g/mol. The normalized spacial score (nSPS) is 16.4. The Morgan fingerprint density at radius 2 is 2.43 bits per heavy atom. The molecule has 0 atom stereocenters. The molecule has 0 unspecified atom stereocenters. The van der Waals surface area contributed by atoms with Crippen LogP contribution in [-0.2, 0) is 16.0 Å². The van der Waals surface area contributed by atoms with Crippen LogP contribution in [0.4, 0.5) is 0 Å². The molecule has 0 saturated heterocycles. The Morgan fingerprint density at radius 3 is 3.00 bits per heavy atom. The Balaban J connectivity index is 1.98. The zero-order chi connectivity index (χ0) is 9.97. The van der Waals surface area contributed by atoms with Crippen molar-refractivity contribution in [3.05, 3.63) is 11.7 Å². The van der Waals surface area contributed by atoms with E-state index in [4.69, 9.17) is 4.52 Å². The van der Waals surface area contributed by atoms with Gasteiger partial charge in [0.2, 0.25) is 5.89 Å². The number of nitrogens with zero attached hydrogens (tertiary/aromatic N) is 2. The van der Waals surface area contributed by atoms with Gasteiger partial charge in [-0.2, -0.15) is 4.98 Å². The Labute approximate surface area is 81.4 Å². The summed E-state index contributed by atoms with van der Waals surface area (Å²) in [6.45, 7) is 0. The molecule has 5 heteroatoms. The minimum Gasteiger partial charge on any atom is -0.469 e. The lowest BCUT2D eigenvalue weighted by atomic mass is 9.85. The number of hydrogen-bond donors (Lipinski definition) is 0. The average molecular weight is 196 g/mol. The lowest BCUT2D eigenvalue weighted by molar-refractivity contribution is -0.140. The summed E-state index contributed by atoms with van der Waals surface area (Å²) in [5.74, 6) is 1.16. The van der Waals surface area contributed by atoms with E-state index in [-0.39, 0.29) is 12.4 Å². The quantitative estimate of drug-likeness (QED) is 0.676. The molecule has 5 nitrogen and oxygen atoms in total. The second-order valence-corrected chi connectivity index (χ2v) is 3.43. The van der Waals surface area contributed by atoms with Crippen LogP contribution in [0.1, 0.15) is 36.9 Å². The number of esters is 1. The summed E-state index contributed by atoms with van der Waals surface area (Å²) in [7, 11) is 1.34. The minimum atomic E-state index is -0.353. The van der Waals surface area contributed by atoms with Gasteiger partial charge in [0.1, 0.15) is 6.42 Å². The van der Waals surface area contributed by atoms with Crippen molar-refractivity contribution in [3.8, 4) is 0 Å². The van der Waals surface area contributed by atoms with Gasteiger partial charge >= 0.3 is 5.97 Å². The van der Waals surface area contributed by atoms with Gasteiger partial charge < -0.3 is 9.26 Å². The molecule has 1 saturated carbocycles. The van der Waals surface area contributed by atoms with Gasteiger partial charge in [-0.05, 0) is 12.8 Å². The fourth-order valence-corrected chi connectivity index (χ4v) is 1.37. The Morgan fingerprint density at radius 1 is 1.64 bits per heavy atom. The molecule has 1 heterocycles. The molecule has 1 aliphatic carbocycles. The third-order valence-corrected chi connectivity index (χ3v) is 2.48. The van der Waals surface area contributed by atoms with Crippen molar-refractivity contribution < 1.29 is 14.1 Å². The van der Waals surface area contributed by atoms with E-state index in [1.54, 1.807) is 0 Å². The van der Waals surface area contributed by atoms with E-state index in [9.17, 15) is 4.79 Å². The van der Waals surface area contributed by atoms with Gasteiger partial charge in [-0.3, -0.25) is 4.79 Å². The lowest BCUT2D eigenvalue weighted by Gasteiger charge is -2.20. The van der Waals surface area contributed by atoms with E-state index in [0.29, 0.717) is 11.8 Å². The number of rotatable bonds is 3. The first-order valence-corrected chi connectivity index (χ1v) is 4.69. The van der Waals surface area contributed by atoms with E-state index < -0.39 is 0 Å². The summed E-state index contributed by atoms with van der Waals surface area (Å²) < 4.78 is 9.43. The van der Waals surface area contributed by atoms with Gasteiger partial charge in [0.05, 0.1) is 7.11 Å². The first kappa shape index (κ1) is 9.18. The topological polar surface area (TPSA) is 65.2 Å². The molecule has 1 aliphatic rings. The third-order valence-electron chi connectivity index (χ3n) is 2.48. The highest BCUT2D eigenvalue weighted by Crippen LogP contribution is 2.34. The van der Waals surface area contributed by atoms with E-state index in [0.717, 1.165) is 18.7 Å². The van der Waals surface area contributed by atoms with Crippen molar-refractivity contribution in [2.24, 2.45) is 0 Å². The van der Waals surface area contributed by atoms with Crippen molar-refractivity contribution in [2.45, 2.75) is 31.6 Å². The number of carbonyl (C=O) groups excluding carboxylic acids is 1. The van der Waals surface area contributed by atoms with Gasteiger partial charge in [-0.1, -0.05) is 11.6 Å². The maximum absolute atomic E-state index is 10.9. The lowest BCUT2D eigenvalue weighted by Crippen LogP contribution is -2.10. The predicted octanol–water partition coefficient (Wildman–Crippen LogP) is 1.05. The Kier molecular flexibility index (Phi) is 2.47. The van der Waals surface area contributed by atoms with Crippen LogP contribution in [0.2, 0.25) is 0 Å². The molecule has 1 aromatic rings. The van der Waals surface area contributed by atoms with Crippen molar-refractivity contribution >= 4 is 5.97 Å². The van der Waals surface area contributed by atoms with Crippen molar-refractivity contribution in [3.63, 3.8) is 0 Å². The van der Waals surface area contributed by atoms with E-state index in [2.05, 4.69) is 14.9 Å². The molecule has 0 N–H and O–H groups in total. The van der Waals surface area contributed by atoms with Crippen LogP contribution < -0.4 is 0 Å². The Bertz CT molecular complexity index is 331. The molecule has 0 bridgehead atoms. The summed E-state index contributed by atoms with van der Waals surface area (Å²) in [5.41, 5.74) is 0. The van der Waals surface area contributed by atoms with Crippen LogP contribution in [0.3, 0.4) is 0 Å². The molecule has 0 spiro atoms. The second-order valence-electron chi connectivity index (χ2n) is 3.43. The molecule has 0 amide bonds. The minimum absolute atomic E-state index is 0.0657. The first-order valence-electron chi connectivity index (χ1n) is 4.69. The molecule has 0 radical (unpaired) electrons. The number of carbonyl (C=O) groups is 1. The van der Waals surface area contributed by atoms with Crippen molar-refractivity contribution in [1.82, 2.24) is 10.1 Å². The predicted molar refractivity (Wildman–Crippen MR) is 46.6 cm³/mol. The second kappa shape index (κ2) is 3.77. The fraction of sp³-hybridized carbons (Fsp3) is 0.667. The number of aromatic nitrogens is 2. The standard InChI is InChI=1S/C9H12N2O3/c1-13-8(12)5-7-10-9(11-14-7)6-3-2-4-6/h6H,2-5H2,1H3. The monoisotopic (exact) mass is 196 g/mol. The molecule has 0 aromatic carbocycles. The molecule has 2 rings (SSSR count). The summed E-state index contributed by atoms with van der Waals surface area (Å²) in [6, 6.07) is 0. The van der Waals surface area contributed by atoms with E-state index >= 15 is 0 Å². The zero-order valence-electron chi connectivity index (χ0n) is 8.02. The fourth-order valence-electron chi connectivity index (χ4n) is 1.37. The molecule has 76 valence electrons. The van der Waals surface area contributed by atoms with Crippen LogP contribution in [0.5, 0.6) is 0 Å². The van der Waals surface area contributed by atoms with Crippen molar-refractivity contribution in [2.75, 3.05) is 7.11 Å². The van der Waals surface area contributed by atoms with Gasteiger partial charge in [-0.15, -0.1) is 0 Å². The van der Waals surface area contributed by atoms with Crippen molar-refractivity contribution in [1.29, 1.82) is 0 Å². The highest BCUT2D eigenvalue weighted by atomic mass is 16.5. The highest BCUT2D eigenvalue weighted by molar-refractivity contribution is 5.71. The Hall–Kier alpha value is -1.39. The van der Waals surface area contributed by atoms with Crippen LogP contribution in [0.25, 0.3) is 0 Å². The highest BCUT2D eigenvalue weighted by Gasteiger charge is 2.25. The smallest absolute Gasteiger partial charge is 0.315 e. The third kappa shape index (κ3) is 1.76. The summed E-state index contributed by atoms with van der Waals surface area (Å²) in [4.78, 5) is 15.0. The number of hydrogen-bond acceptors (Lipinski definition) is 5. The van der Waals surface area contributed by atoms with Crippen LogP contribution in [0, 0.1) is 0 Å². The largest absolute Gasteiger partial charge is 0.469 e. The SMILES string of the molecule is COC(=O)Cc1nc(C2CCC2)no1. The van der Waals surface area contributed by atoms with Crippen LogP contribution in [-0.4, -0.2) is 23.2 Å². The van der Waals surface area contributed by atoms with Gasteiger partial charge in [0.25, 0.3) is 0 Å². The van der Waals surface area contributed by atoms with Gasteiger partial charge in [0.15, 0.2) is 5.82 Å². The van der Waals surface area contributed by atoms with Crippen LogP contribution in [0.15, 0.2) is 4.52 Å². The van der Waals surface area contributed by atoms with Crippen LogP contribution >= 0.6 is 0 Å². The summed E-state index contributed by atoms with van der Waals surface area (Å²) in [5, 5.41) is 3.83. The van der Waals surface area contributed by atoms with E-state index in [1.807, 2.05) is 0 Å². The van der Waals surface area contributed by atoms with Gasteiger partial charge in [0, 0.05) is 5.92 Å².